The number of aromatic nitrogens is 1. The average molecular weight is 233 g/mol. The van der Waals surface area contributed by atoms with Crippen molar-refractivity contribution in [2.24, 2.45) is 0 Å². The lowest BCUT2D eigenvalue weighted by atomic mass is 10.0. The van der Waals surface area contributed by atoms with Gasteiger partial charge in [0.15, 0.2) is 0 Å². The molecule has 16 heavy (non-hydrogen) atoms. The van der Waals surface area contributed by atoms with Crippen molar-refractivity contribution in [1.29, 1.82) is 0 Å². The van der Waals surface area contributed by atoms with E-state index in [-0.39, 0.29) is 6.61 Å². The van der Waals surface area contributed by atoms with E-state index in [4.69, 9.17) is 5.11 Å². The molecule has 0 aliphatic carbocycles. The normalized spacial score (nSPS) is 10.8. The second-order valence-electron chi connectivity index (χ2n) is 4.06. The lowest BCUT2D eigenvalue weighted by Gasteiger charge is -2.08. The highest BCUT2D eigenvalue weighted by molar-refractivity contribution is 7.15. The first-order valence-corrected chi connectivity index (χ1v) is 6.07. The van der Waals surface area contributed by atoms with Gasteiger partial charge in [0, 0.05) is 11.8 Å². The molecule has 2 nitrogen and oxygen atoms in total. The topological polar surface area (TPSA) is 33.1 Å². The maximum atomic E-state index is 9.05. The lowest BCUT2D eigenvalue weighted by Crippen LogP contribution is -1.88. The number of aliphatic hydroxyl groups is 1. The summed E-state index contributed by atoms with van der Waals surface area (Å²) in [7, 11) is 0. The Morgan fingerprint density at radius 1 is 1.19 bits per heavy atom. The van der Waals surface area contributed by atoms with E-state index < -0.39 is 0 Å². The van der Waals surface area contributed by atoms with Gasteiger partial charge < -0.3 is 5.11 Å². The summed E-state index contributed by atoms with van der Waals surface area (Å²) in [5.41, 5.74) is 4.97. The number of hydrogen-bond acceptors (Lipinski definition) is 3. The minimum Gasteiger partial charge on any atom is -0.391 e. The van der Waals surface area contributed by atoms with E-state index in [0.29, 0.717) is 0 Å². The van der Waals surface area contributed by atoms with Crippen LogP contribution < -0.4 is 0 Å². The van der Waals surface area contributed by atoms with Gasteiger partial charge in [-0.05, 0) is 31.9 Å². The van der Waals surface area contributed by atoms with E-state index in [1.165, 1.54) is 22.3 Å². The molecular formula is C13H15NOS. The molecule has 3 heteroatoms. The molecule has 0 saturated heterocycles. The summed E-state index contributed by atoms with van der Waals surface area (Å²) in [5, 5.41) is 10.1. The third-order valence-electron chi connectivity index (χ3n) is 2.60. The van der Waals surface area contributed by atoms with Crippen LogP contribution in [0, 0.1) is 20.8 Å². The summed E-state index contributed by atoms with van der Waals surface area (Å²) < 4.78 is 0. The number of nitrogens with zero attached hydrogens (tertiary/aromatic N) is 1. The van der Waals surface area contributed by atoms with Gasteiger partial charge >= 0.3 is 0 Å². The van der Waals surface area contributed by atoms with E-state index in [1.54, 1.807) is 17.5 Å². The van der Waals surface area contributed by atoms with Crippen molar-refractivity contribution in [1.82, 2.24) is 4.98 Å². The Bertz CT molecular complexity index is 493. The average Bonchev–Trinajstić information content (AvgIpc) is 2.64. The van der Waals surface area contributed by atoms with Gasteiger partial charge in [-0.2, -0.15) is 0 Å². The lowest BCUT2D eigenvalue weighted by molar-refractivity contribution is 0.285. The predicted molar refractivity (Wildman–Crippen MR) is 67.7 cm³/mol. The van der Waals surface area contributed by atoms with E-state index >= 15 is 0 Å². The van der Waals surface area contributed by atoms with Crippen molar-refractivity contribution >= 4 is 11.3 Å². The van der Waals surface area contributed by atoms with Crippen LogP contribution in [-0.2, 0) is 6.61 Å². The molecule has 0 aliphatic rings. The van der Waals surface area contributed by atoms with Crippen molar-refractivity contribution < 1.29 is 5.11 Å². The minimum atomic E-state index is 0.0711. The molecular weight excluding hydrogens is 218 g/mol. The van der Waals surface area contributed by atoms with Crippen molar-refractivity contribution in [3.63, 3.8) is 0 Å². The number of hydrogen-bond donors (Lipinski definition) is 1. The summed E-state index contributed by atoms with van der Waals surface area (Å²) in [5.74, 6) is 0. The van der Waals surface area contributed by atoms with E-state index in [2.05, 4.69) is 37.9 Å². The van der Waals surface area contributed by atoms with Crippen molar-refractivity contribution in [2.75, 3.05) is 0 Å². The van der Waals surface area contributed by atoms with Crippen LogP contribution in [-0.4, -0.2) is 10.1 Å². The summed E-state index contributed by atoms with van der Waals surface area (Å²) in [6.45, 7) is 6.39. The molecule has 0 bridgehead atoms. The smallest absolute Gasteiger partial charge is 0.124 e. The second kappa shape index (κ2) is 4.36. The van der Waals surface area contributed by atoms with Crippen molar-refractivity contribution in [2.45, 2.75) is 27.4 Å². The van der Waals surface area contributed by atoms with Crippen LogP contribution in [0.3, 0.4) is 0 Å². The summed E-state index contributed by atoms with van der Waals surface area (Å²) in [6, 6.07) is 4.34. The van der Waals surface area contributed by atoms with E-state index in [9.17, 15) is 0 Å². The number of aryl methyl sites for hydroxylation is 3. The Morgan fingerprint density at radius 2 is 1.81 bits per heavy atom. The number of benzene rings is 1. The van der Waals surface area contributed by atoms with Crippen LogP contribution in [0.5, 0.6) is 0 Å². The largest absolute Gasteiger partial charge is 0.391 e. The van der Waals surface area contributed by atoms with Gasteiger partial charge in [-0.3, -0.25) is 0 Å². The molecule has 0 unspecified atom stereocenters. The van der Waals surface area contributed by atoms with Gasteiger partial charge in [-0.1, -0.05) is 17.7 Å². The fourth-order valence-corrected chi connectivity index (χ4v) is 2.96. The van der Waals surface area contributed by atoms with Gasteiger partial charge in [-0.15, -0.1) is 11.3 Å². The van der Waals surface area contributed by atoms with Crippen molar-refractivity contribution in [3.05, 3.63) is 39.9 Å². The number of rotatable bonds is 2. The van der Waals surface area contributed by atoms with E-state index in [1.807, 2.05) is 0 Å². The minimum absolute atomic E-state index is 0.0711. The summed E-state index contributed by atoms with van der Waals surface area (Å²) >= 11 is 1.56. The van der Waals surface area contributed by atoms with Gasteiger partial charge in [0.1, 0.15) is 5.01 Å². The molecule has 2 aromatic rings. The molecule has 0 aliphatic heterocycles. The molecule has 0 atom stereocenters. The zero-order valence-corrected chi connectivity index (χ0v) is 10.6. The first kappa shape index (κ1) is 11.3. The molecule has 0 saturated carbocycles. The predicted octanol–water partition coefficient (Wildman–Crippen LogP) is 3.23. The van der Waals surface area contributed by atoms with Crippen LogP contribution >= 0.6 is 11.3 Å². The van der Waals surface area contributed by atoms with Gasteiger partial charge in [0.05, 0.1) is 11.5 Å². The molecule has 1 aromatic carbocycles. The van der Waals surface area contributed by atoms with Gasteiger partial charge in [0.25, 0.3) is 0 Å². The van der Waals surface area contributed by atoms with E-state index in [0.717, 1.165) is 9.88 Å². The number of thiazole rings is 1. The first-order chi connectivity index (χ1) is 7.61. The fraction of sp³-hybridized carbons (Fsp3) is 0.308. The van der Waals surface area contributed by atoms with Gasteiger partial charge in [0.2, 0.25) is 0 Å². The maximum Gasteiger partial charge on any atom is 0.124 e. The highest BCUT2D eigenvalue weighted by atomic mass is 32.1. The maximum absolute atomic E-state index is 9.05. The quantitative estimate of drug-likeness (QED) is 0.864. The highest BCUT2D eigenvalue weighted by Crippen LogP contribution is 2.31. The Balaban J connectivity index is 2.55. The zero-order chi connectivity index (χ0) is 11.7. The van der Waals surface area contributed by atoms with Crippen LogP contribution in [0.4, 0.5) is 0 Å². The molecule has 0 spiro atoms. The SMILES string of the molecule is Cc1cc(C)c(-c2ncc(CO)s2)c(C)c1. The van der Waals surface area contributed by atoms with Crippen LogP contribution in [0.25, 0.3) is 10.6 Å². The molecule has 1 heterocycles. The third kappa shape index (κ3) is 2.01. The molecule has 2 rings (SSSR count). The Morgan fingerprint density at radius 3 is 2.31 bits per heavy atom. The molecule has 0 amide bonds. The molecule has 1 N–H and O–H groups in total. The monoisotopic (exact) mass is 233 g/mol. The molecule has 0 radical (unpaired) electrons. The van der Waals surface area contributed by atoms with Crippen LogP contribution in [0.2, 0.25) is 0 Å². The van der Waals surface area contributed by atoms with Gasteiger partial charge in [-0.25, -0.2) is 4.98 Å². The van der Waals surface area contributed by atoms with Crippen LogP contribution in [0.1, 0.15) is 21.6 Å². The van der Waals surface area contributed by atoms with Crippen molar-refractivity contribution in [3.8, 4) is 10.6 Å². The van der Waals surface area contributed by atoms with Crippen LogP contribution in [0.15, 0.2) is 18.3 Å². The fourth-order valence-electron chi connectivity index (χ4n) is 2.01. The standard InChI is InChI=1S/C13H15NOS/c1-8-4-9(2)12(10(3)5-8)13-14-6-11(7-15)16-13/h4-6,15H,7H2,1-3H3. The zero-order valence-electron chi connectivity index (χ0n) is 9.74. The summed E-state index contributed by atoms with van der Waals surface area (Å²) in [6.07, 6.45) is 1.75. The third-order valence-corrected chi connectivity index (χ3v) is 3.60. The first-order valence-electron chi connectivity index (χ1n) is 5.25. The summed E-state index contributed by atoms with van der Waals surface area (Å²) in [4.78, 5) is 5.28. The number of aliphatic hydroxyl groups excluding tert-OH is 1. The molecule has 84 valence electrons. The Kier molecular flexibility index (Phi) is 3.08. The Labute approximate surface area is 99.6 Å². The highest BCUT2D eigenvalue weighted by Gasteiger charge is 2.10. The Hall–Kier alpha value is -1.19. The molecule has 0 fully saturated rings. The molecule has 1 aromatic heterocycles. The second-order valence-corrected chi connectivity index (χ2v) is 5.18.